The number of H-pyrrole nitrogens is 1. The Morgan fingerprint density at radius 2 is 2.36 bits per heavy atom. The highest BCUT2D eigenvalue weighted by molar-refractivity contribution is 6.16. The zero-order valence-electron chi connectivity index (χ0n) is 6.76. The summed E-state index contributed by atoms with van der Waals surface area (Å²) >= 11 is 5.59. The maximum Gasteiger partial charge on any atom is 0.120 e. The molecule has 1 heterocycles. The molecule has 0 saturated heterocycles. The summed E-state index contributed by atoms with van der Waals surface area (Å²) in [5.74, 6) is 1.46. The van der Waals surface area contributed by atoms with E-state index in [0.717, 1.165) is 18.1 Å². The number of imidazole rings is 1. The van der Waals surface area contributed by atoms with Crippen LogP contribution in [0.5, 0.6) is 0 Å². The molecule has 0 fully saturated rings. The zero-order chi connectivity index (χ0) is 8.27. The quantitative estimate of drug-likeness (QED) is 0.697. The summed E-state index contributed by atoms with van der Waals surface area (Å²) in [4.78, 5) is 9.31. The van der Waals surface area contributed by atoms with Gasteiger partial charge in [-0.25, -0.2) is 4.98 Å². The molecule has 0 aliphatic heterocycles. The maximum absolute atomic E-state index is 5.59. The Morgan fingerprint density at radius 1 is 1.64 bits per heavy atom. The van der Waals surface area contributed by atoms with Gasteiger partial charge in [-0.3, -0.25) is 0 Å². The van der Waals surface area contributed by atoms with Gasteiger partial charge in [0.15, 0.2) is 0 Å². The number of alkyl halides is 1. The Hall–Kier alpha value is -0.540. The third-order valence-electron chi connectivity index (χ3n) is 1.29. The first kappa shape index (κ1) is 8.56. The number of rotatable bonds is 3. The first-order chi connectivity index (χ1) is 5.22. The van der Waals surface area contributed by atoms with Crippen LogP contribution in [0.2, 0.25) is 0 Å². The molecular weight excluding hydrogens is 162 g/mol. The van der Waals surface area contributed by atoms with Crippen molar-refractivity contribution in [1.29, 1.82) is 0 Å². The third-order valence-corrected chi connectivity index (χ3v) is 1.58. The Labute approximate surface area is 71.4 Å². The molecule has 62 valence electrons. The molecule has 0 spiro atoms. The third kappa shape index (κ3) is 2.52. The van der Waals surface area contributed by atoms with Gasteiger partial charge in [0, 0.05) is 11.9 Å². The number of aromatic amines is 1. The van der Waals surface area contributed by atoms with Crippen LogP contribution in [0.3, 0.4) is 0 Å². The van der Waals surface area contributed by atoms with Crippen molar-refractivity contribution in [3.63, 3.8) is 0 Å². The van der Waals surface area contributed by atoms with E-state index < -0.39 is 0 Å². The fraction of sp³-hybridized carbons (Fsp3) is 0.571. The predicted octanol–water partition coefficient (Wildman–Crippen LogP) is 1.21. The van der Waals surface area contributed by atoms with Gasteiger partial charge in [0.1, 0.15) is 5.82 Å². The second kappa shape index (κ2) is 3.74. The van der Waals surface area contributed by atoms with Gasteiger partial charge in [0.05, 0.1) is 12.4 Å². The van der Waals surface area contributed by atoms with Crippen LogP contribution in [0.1, 0.15) is 11.5 Å². The molecule has 1 rings (SSSR count). The van der Waals surface area contributed by atoms with Crippen molar-refractivity contribution < 1.29 is 0 Å². The molecule has 0 amide bonds. The van der Waals surface area contributed by atoms with Gasteiger partial charge in [-0.2, -0.15) is 0 Å². The van der Waals surface area contributed by atoms with E-state index in [-0.39, 0.29) is 0 Å². The van der Waals surface area contributed by atoms with Gasteiger partial charge in [-0.1, -0.05) is 0 Å². The fourth-order valence-corrected chi connectivity index (χ4v) is 0.989. The van der Waals surface area contributed by atoms with E-state index in [1.54, 1.807) is 6.20 Å². The lowest BCUT2D eigenvalue weighted by atomic mass is 10.5. The number of nitrogens with zero attached hydrogens (tertiary/aromatic N) is 2. The van der Waals surface area contributed by atoms with Crippen molar-refractivity contribution in [1.82, 2.24) is 14.9 Å². The van der Waals surface area contributed by atoms with Gasteiger partial charge in [0.25, 0.3) is 0 Å². The van der Waals surface area contributed by atoms with Crippen LogP contribution in [0.4, 0.5) is 0 Å². The summed E-state index contributed by atoms with van der Waals surface area (Å²) in [7, 11) is 4.01. The highest BCUT2D eigenvalue weighted by Crippen LogP contribution is 2.01. The van der Waals surface area contributed by atoms with E-state index in [9.17, 15) is 0 Å². The molecule has 11 heavy (non-hydrogen) atoms. The molecule has 0 radical (unpaired) electrons. The highest BCUT2D eigenvalue weighted by atomic mass is 35.5. The van der Waals surface area contributed by atoms with Crippen LogP contribution < -0.4 is 0 Å². The van der Waals surface area contributed by atoms with Gasteiger partial charge < -0.3 is 9.88 Å². The number of aromatic nitrogens is 2. The van der Waals surface area contributed by atoms with Crippen LogP contribution in [-0.4, -0.2) is 29.0 Å². The molecule has 4 heteroatoms. The molecule has 0 unspecified atom stereocenters. The number of halogens is 1. The first-order valence-corrected chi connectivity index (χ1v) is 3.99. The molecule has 1 N–H and O–H groups in total. The van der Waals surface area contributed by atoms with E-state index in [1.165, 1.54) is 0 Å². The minimum absolute atomic E-state index is 0.500. The lowest BCUT2D eigenvalue weighted by Crippen LogP contribution is -2.11. The summed E-state index contributed by atoms with van der Waals surface area (Å²) in [5, 5.41) is 0. The lowest BCUT2D eigenvalue weighted by molar-refractivity contribution is 0.392. The van der Waals surface area contributed by atoms with Crippen LogP contribution in [0.15, 0.2) is 6.20 Å². The molecule has 1 aromatic rings. The molecule has 1 aromatic heterocycles. The minimum Gasteiger partial charge on any atom is -0.344 e. The van der Waals surface area contributed by atoms with Gasteiger partial charge in [-0.05, 0) is 14.1 Å². The largest absolute Gasteiger partial charge is 0.344 e. The van der Waals surface area contributed by atoms with E-state index >= 15 is 0 Å². The Balaban J connectivity index is 2.58. The van der Waals surface area contributed by atoms with Crippen LogP contribution >= 0.6 is 11.6 Å². The van der Waals surface area contributed by atoms with Crippen molar-refractivity contribution in [2.24, 2.45) is 0 Å². The van der Waals surface area contributed by atoms with Crippen molar-refractivity contribution in [2.75, 3.05) is 14.1 Å². The Kier molecular flexibility index (Phi) is 2.91. The predicted molar refractivity (Wildman–Crippen MR) is 45.5 cm³/mol. The molecular formula is C7H12ClN3. The molecule has 0 aliphatic rings. The minimum atomic E-state index is 0.500. The number of hydrogen-bond donors (Lipinski definition) is 1. The van der Waals surface area contributed by atoms with E-state index in [2.05, 4.69) is 14.9 Å². The topological polar surface area (TPSA) is 31.9 Å². The summed E-state index contributed by atoms with van der Waals surface area (Å²) in [6.07, 6.45) is 1.77. The van der Waals surface area contributed by atoms with E-state index in [0.29, 0.717) is 5.88 Å². The van der Waals surface area contributed by atoms with Crippen LogP contribution in [-0.2, 0) is 12.4 Å². The van der Waals surface area contributed by atoms with Crippen molar-refractivity contribution in [3.8, 4) is 0 Å². The maximum atomic E-state index is 5.59. The number of hydrogen-bond acceptors (Lipinski definition) is 2. The molecule has 0 atom stereocenters. The van der Waals surface area contributed by atoms with Crippen molar-refractivity contribution in [3.05, 3.63) is 17.7 Å². The Bertz CT molecular complexity index is 219. The molecule has 3 nitrogen and oxygen atoms in total. The fourth-order valence-electron chi connectivity index (χ4n) is 0.854. The highest BCUT2D eigenvalue weighted by Gasteiger charge is 1.99. The SMILES string of the molecule is CN(C)Cc1ncc(CCl)[nH]1. The standard InChI is InChI=1S/C7H12ClN3/c1-11(2)5-7-9-4-6(3-8)10-7/h4H,3,5H2,1-2H3,(H,9,10). The summed E-state index contributed by atoms with van der Waals surface area (Å²) in [6, 6.07) is 0. The lowest BCUT2D eigenvalue weighted by Gasteiger charge is -2.05. The average Bonchev–Trinajstić information content (AvgIpc) is 2.34. The number of nitrogens with one attached hydrogen (secondary N) is 1. The monoisotopic (exact) mass is 173 g/mol. The van der Waals surface area contributed by atoms with Crippen LogP contribution in [0, 0.1) is 0 Å². The summed E-state index contributed by atoms with van der Waals surface area (Å²) in [6.45, 7) is 0.830. The van der Waals surface area contributed by atoms with E-state index in [1.807, 2.05) is 14.1 Å². The van der Waals surface area contributed by atoms with E-state index in [4.69, 9.17) is 11.6 Å². The van der Waals surface area contributed by atoms with Crippen LogP contribution in [0.25, 0.3) is 0 Å². The zero-order valence-corrected chi connectivity index (χ0v) is 7.52. The normalized spacial score (nSPS) is 10.9. The molecule has 0 aliphatic carbocycles. The van der Waals surface area contributed by atoms with Crippen molar-refractivity contribution >= 4 is 11.6 Å². The van der Waals surface area contributed by atoms with Gasteiger partial charge in [0.2, 0.25) is 0 Å². The smallest absolute Gasteiger partial charge is 0.120 e. The second-order valence-corrected chi connectivity index (χ2v) is 2.99. The molecule has 0 saturated carbocycles. The second-order valence-electron chi connectivity index (χ2n) is 2.73. The van der Waals surface area contributed by atoms with Crippen molar-refractivity contribution in [2.45, 2.75) is 12.4 Å². The summed E-state index contributed by atoms with van der Waals surface area (Å²) in [5.41, 5.74) is 0.975. The van der Waals surface area contributed by atoms with Gasteiger partial charge in [-0.15, -0.1) is 11.6 Å². The average molecular weight is 174 g/mol. The Morgan fingerprint density at radius 3 is 2.82 bits per heavy atom. The first-order valence-electron chi connectivity index (χ1n) is 3.46. The van der Waals surface area contributed by atoms with Gasteiger partial charge >= 0.3 is 0 Å². The molecule has 0 aromatic carbocycles. The summed E-state index contributed by atoms with van der Waals surface area (Å²) < 4.78 is 0. The molecule has 0 bridgehead atoms.